The Morgan fingerprint density at radius 2 is 2.05 bits per heavy atom. The standard InChI is InChI=1S/C14H19N5O2/c1-20-14(6-3-7-14)12-18-10(21-19-12)9-8-16-11(17-9)13(15)4-2-5-13/h8H,2-7,15H2,1H3,(H,16,17). The van der Waals surface area contributed by atoms with E-state index in [1.165, 1.54) is 0 Å². The van der Waals surface area contributed by atoms with Gasteiger partial charge >= 0.3 is 0 Å². The van der Waals surface area contributed by atoms with Gasteiger partial charge in [0.05, 0.1) is 11.7 Å². The highest BCUT2D eigenvalue weighted by atomic mass is 16.5. The number of imidazole rings is 1. The molecule has 112 valence electrons. The van der Waals surface area contributed by atoms with Crippen LogP contribution in [0.15, 0.2) is 10.7 Å². The Hall–Kier alpha value is -1.73. The fourth-order valence-corrected chi connectivity index (χ4v) is 3.01. The summed E-state index contributed by atoms with van der Waals surface area (Å²) >= 11 is 0. The number of hydrogen-bond acceptors (Lipinski definition) is 6. The van der Waals surface area contributed by atoms with Crippen LogP contribution in [0.25, 0.3) is 11.6 Å². The van der Waals surface area contributed by atoms with Crippen molar-refractivity contribution in [3.63, 3.8) is 0 Å². The number of methoxy groups -OCH3 is 1. The van der Waals surface area contributed by atoms with Crippen molar-refractivity contribution < 1.29 is 9.26 Å². The Kier molecular flexibility index (Phi) is 2.71. The third-order valence-electron chi connectivity index (χ3n) is 4.91. The third kappa shape index (κ3) is 1.84. The first-order valence-electron chi connectivity index (χ1n) is 7.39. The highest BCUT2D eigenvalue weighted by molar-refractivity contribution is 5.46. The number of nitrogens with one attached hydrogen (secondary N) is 1. The van der Waals surface area contributed by atoms with Gasteiger partial charge in [0, 0.05) is 7.11 Å². The van der Waals surface area contributed by atoms with Gasteiger partial charge in [0.2, 0.25) is 5.82 Å². The molecular weight excluding hydrogens is 270 g/mol. The number of nitrogens with zero attached hydrogens (tertiary/aromatic N) is 3. The molecule has 2 saturated carbocycles. The fourth-order valence-electron chi connectivity index (χ4n) is 3.01. The van der Waals surface area contributed by atoms with Gasteiger partial charge in [-0.1, -0.05) is 5.16 Å². The van der Waals surface area contributed by atoms with Crippen molar-refractivity contribution in [1.82, 2.24) is 20.1 Å². The molecule has 4 rings (SSSR count). The van der Waals surface area contributed by atoms with Gasteiger partial charge in [-0.15, -0.1) is 0 Å². The van der Waals surface area contributed by atoms with Crippen molar-refractivity contribution in [3.8, 4) is 11.6 Å². The average molecular weight is 289 g/mol. The van der Waals surface area contributed by atoms with Gasteiger partial charge < -0.3 is 20.0 Å². The van der Waals surface area contributed by atoms with Gasteiger partial charge in [-0.05, 0) is 38.5 Å². The lowest BCUT2D eigenvalue weighted by atomic mass is 9.77. The van der Waals surface area contributed by atoms with E-state index >= 15 is 0 Å². The largest absolute Gasteiger partial charge is 0.370 e. The minimum absolute atomic E-state index is 0.317. The summed E-state index contributed by atoms with van der Waals surface area (Å²) in [5.74, 6) is 1.86. The highest BCUT2D eigenvalue weighted by Gasteiger charge is 2.43. The lowest BCUT2D eigenvalue weighted by molar-refractivity contribution is -0.0858. The van der Waals surface area contributed by atoms with E-state index in [0.717, 1.165) is 44.3 Å². The normalized spacial score (nSPS) is 22.6. The second kappa shape index (κ2) is 4.38. The zero-order chi connectivity index (χ0) is 14.5. The SMILES string of the molecule is COC1(c2noc(-c3cnc(C4(N)CCC4)[nH]3)n2)CCC1. The van der Waals surface area contributed by atoms with Gasteiger partial charge in [-0.2, -0.15) is 4.98 Å². The van der Waals surface area contributed by atoms with E-state index in [1.807, 2.05) is 0 Å². The van der Waals surface area contributed by atoms with Crippen molar-refractivity contribution >= 4 is 0 Å². The van der Waals surface area contributed by atoms with Crippen LogP contribution in [0.3, 0.4) is 0 Å². The van der Waals surface area contributed by atoms with E-state index in [-0.39, 0.29) is 11.1 Å². The fraction of sp³-hybridized carbons (Fsp3) is 0.643. The number of aromatic amines is 1. The van der Waals surface area contributed by atoms with E-state index in [0.29, 0.717) is 17.4 Å². The van der Waals surface area contributed by atoms with Crippen LogP contribution in [0, 0.1) is 0 Å². The summed E-state index contributed by atoms with van der Waals surface area (Å²) < 4.78 is 10.9. The molecule has 0 saturated heterocycles. The Balaban J connectivity index is 1.61. The molecule has 2 fully saturated rings. The maximum Gasteiger partial charge on any atom is 0.276 e. The number of ether oxygens (including phenoxy) is 1. The quantitative estimate of drug-likeness (QED) is 0.890. The molecule has 7 nitrogen and oxygen atoms in total. The first-order chi connectivity index (χ1) is 10.2. The van der Waals surface area contributed by atoms with Crippen LogP contribution in [0.2, 0.25) is 0 Å². The molecule has 0 amide bonds. The maximum atomic E-state index is 6.26. The number of rotatable bonds is 4. The van der Waals surface area contributed by atoms with E-state index in [2.05, 4.69) is 20.1 Å². The molecule has 7 heteroatoms. The van der Waals surface area contributed by atoms with Gasteiger partial charge in [-0.3, -0.25) is 0 Å². The van der Waals surface area contributed by atoms with Crippen LogP contribution in [0.1, 0.15) is 50.2 Å². The molecule has 0 radical (unpaired) electrons. The first kappa shape index (κ1) is 13.0. The summed E-state index contributed by atoms with van der Waals surface area (Å²) in [6.07, 6.45) is 7.77. The van der Waals surface area contributed by atoms with Crippen LogP contribution >= 0.6 is 0 Å². The smallest absolute Gasteiger partial charge is 0.276 e. The minimum atomic E-state index is -0.367. The maximum absolute atomic E-state index is 6.26. The molecule has 0 unspecified atom stereocenters. The summed E-state index contributed by atoms with van der Waals surface area (Å²) in [6.45, 7) is 0. The van der Waals surface area contributed by atoms with Crippen molar-refractivity contribution in [1.29, 1.82) is 0 Å². The lowest BCUT2D eigenvalue weighted by Gasteiger charge is -2.37. The average Bonchev–Trinajstić information content (AvgIpc) is 3.04. The minimum Gasteiger partial charge on any atom is -0.370 e. The van der Waals surface area contributed by atoms with Gasteiger partial charge in [0.15, 0.2) is 0 Å². The molecule has 2 aromatic rings. The predicted octanol–water partition coefficient (Wildman–Crippen LogP) is 1.82. The number of hydrogen-bond donors (Lipinski definition) is 2. The second-order valence-corrected chi connectivity index (χ2v) is 6.13. The Bertz CT molecular complexity index is 648. The molecule has 2 heterocycles. The van der Waals surface area contributed by atoms with Crippen molar-refractivity contribution in [2.24, 2.45) is 5.73 Å². The molecule has 21 heavy (non-hydrogen) atoms. The van der Waals surface area contributed by atoms with Crippen LogP contribution in [-0.2, 0) is 15.9 Å². The molecule has 3 N–H and O–H groups in total. The summed E-state index contributed by atoms with van der Waals surface area (Å²) in [6, 6.07) is 0. The topological polar surface area (TPSA) is 103 Å². The second-order valence-electron chi connectivity index (χ2n) is 6.13. The summed E-state index contributed by atoms with van der Waals surface area (Å²) in [5, 5.41) is 4.07. The van der Waals surface area contributed by atoms with E-state index in [4.69, 9.17) is 15.0 Å². The molecule has 0 bridgehead atoms. The Morgan fingerprint density at radius 1 is 1.29 bits per heavy atom. The molecule has 0 spiro atoms. The molecule has 0 aromatic carbocycles. The Morgan fingerprint density at radius 3 is 2.62 bits per heavy atom. The molecule has 2 aliphatic carbocycles. The molecular formula is C14H19N5O2. The van der Waals surface area contributed by atoms with Crippen molar-refractivity contribution in [3.05, 3.63) is 17.8 Å². The van der Waals surface area contributed by atoms with Crippen LogP contribution < -0.4 is 5.73 Å². The molecule has 2 aromatic heterocycles. The number of H-pyrrole nitrogens is 1. The predicted molar refractivity (Wildman–Crippen MR) is 74.1 cm³/mol. The summed E-state index contributed by atoms with van der Waals surface area (Å²) in [5.41, 5.74) is 6.29. The monoisotopic (exact) mass is 289 g/mol. The Labute approximate surface area is 122 Å². The summed E-state index contributed by atoms with van der Waals surface area (Å²) in [7, 11) is 1.69. The van der Waals surface area contributed by atoms with Crippen molar-refractivity contribution in [2.45, 2.75) is 49.7 Å². The number of aromatic nitrogens is 4. The number of nitrogens with two attached hydrogens (primary N) is 1. The third-order valence-corrected chi connectivity index (χ3v) is 4.91. The lowest BCUT2D eigenvalue weighted by Crippen LogP contribution is -2.44. The molecule has 0 atom stereocenters. The van der Waals surface area contributed by atoms with Gasteiger partial charge in [0.1, 0.15) is 17.1 Å². The zero-order valence-corrected chi connectivity index (χ0v) is 12.1. The molecule has 0 aliphatic heterocycles. The van der Waals surface area contributed by atoms with Gasteiger partial charge in [-0.25, -0.2) is 4.98 Å². The van der Waals surface area contributed by atoms with Crippen LogP contribution in [0.5, 0.6) is 0 Å². The zero-order valence-electron chi connectivity index (χ0n) is 12.1. The van der Waals surface area contributed by atoms with E-state index in [9.17, 15) is 0 Å². The van der Waals surface area contributed by atoms with Crippen molar-refractivity contribution in [2.75, 3.05) is 7.11 Å². The highest BCUT2D eigenvalue weighted by Crippen LogP contribution is 2.43. The molecule has 2 aliphatic rings. The van der Waals surface area contributed by atoms with Gasteiger partial charge in [0.25, 0.3) is 5.89 Å². The van der Waals surface area contributed by atoms with Crippen LogP contribution in [0.4, 0.5) is 0 Å². The first-order valence-corrected chi connectivity index (χ1v) is 7.39. The summed E-state index contributed by atoms with van der Waals surface area (Å²) in [4.78, 5) is 12.1. The van der Waals surface area contributed by atoms with Crippen LogP contribution in [-0.4, -0.2) is 27.2 Å². The van der Waals surface area contributed by atoms with E-state index < -0.39 is 0 Å². The van der Waals surface area contributed by atoms with E-state index in [1.54, 1.807) is 13.3 Å².